The summed E-state index contributed by atoms with van der Waals surface area (Å²) in [6.07, 6.45) is 0. The molecule has 0 aromatic heterocycles. The smallest absolute Gasteiger partial charge is 0.304 e. The van der Waals surface area contributed by atoms with Crippen molar-refractivity contribution in [2.24, 2.45) is 10.2 Å². The summed E-state index contributed by atoms with van der Waals surface area (Å²) in [7, 11) is 0. The lowest BCUT2D eigenvalue weighted by Crippen LogP contribution is -2.21. The number of rotatable bonds is 7. The number of anilines is 1. The third-order valence-electron chi connectivity index (χ3n) is 3.68. The molecule has 2 aromatic carbocycles. The van der Waals surface area contributed by atoms with E-state index < -0.39 is 21.2 Å². The van der Waals surface area contributed by atoms with E-state index in [1.165, 1.54) is 0 Å². The van der Waals surface area contributed by atoms with Crippen molar-refractivity contribution in [2.45, 2.75) is 13.8 Å². The van der Waals surface area contributed by atoms with Crippen molar-refractivity contribution in [1.29, 1.82) is 0 Å². The van der Waals surface area contributed by atoms with E-state index in [0.717, 1.165) is 30.9 Å². The minimum Gasteiger partial charge on any atom is -0.372 e. The third-order valence-corrected chi connectivity index (χ3v) is 4.28. The number of nitro groups is 2. The number of hydrogen-bond acceptors (Lipinski definition) is 7. The van der Waals surface area contributed by atoms with Gasteiger partial charge in [-0.05, 0) is 54.0 Å². The molecule has 0 bridgehead atoms. The molecule has 0 amide bonds. The molecule has 2 aromatic rings. The molecule has 0 fully saturated rings. The molecular formula is C16H16BrN5O4. The van der Waals surface area contributed by atoms with E-state index in [2.05, 4.69) is 44.9 Å². The van der Waals surface area contributed by atoms with Gasteiger partial charge < -0.3 is 4.90 Å². The Balaban J connectivity index is 2.35. The Hall–Kier alpha value is -2.88. The van der Waals surface area contributed by atoms with Crippen LogP contribution in [0.2, 0.25) is 0 Å². The Bertz CT molecular complexity index is 850. The Morgan fingerprint density at radius 3 is 2.12 bits per heavy atom. The van der Waals surface area contributed by atoms with E-state index in [-0.39, 0.29) is 10.2 Å². The van der Waals surface area contributed by atoms with Crippen LogP contribution in [-0.4, -0.2) is 22.9 Å². The summed E-state index contributed by atoms with van der Waals surface area (Å²) >= 11 is 3.09. The first-order valence-corrected chi connectivity index (χ1v) is 8.55. The fourth-order valence-corrected chi connectivity index (χ4v) is 2.86. The second kappa shape index (κ2) is 8.48. The number of azo groups is 1. The standard InChI is InChI=1S/C16H16BrN5O4/c1-3-20(4-2)12-7-5-11(6-8-12)18-19-16-14(17)9-13(21(23)24)10-15(16)22(25)26/h5-10H,3-4H2,1-2H3. The molecule has 0 spiro atoms. The highest BCUT2D eigenvalue weighted by Gasteiger charge is 2.23. The minimum absolute atomic E-state index is 0.0755. The second-order valence-corrected chi connectivity index (χ2v) is 6.05. The van der Waals surface area contributed by atoms with Crippen LogP contribution in [0.25, 0.3) is 0 Å². The lowest BCUT2D eigenvalue weighted by atomic mass is 10.2. The van der Waals surface area contributed by atoms with Crippen molar-refractivity contribution in [3.63, 3.8) is 0 Å². The van der Waals surface area contributed by atoms with E-state index >= 15 is 0 Å². The zero-order valence-corrected chi connectivity index (χ0v) is 15.7. The van der Waals surface area contributed by atoms with Crippen LogP contribution in [0.1, 0.15) is 13.8 Å². The predicted octanol–water partition coefficient (Wildman–Crippen LogP) is 5.53. The van der Waals surface area contributed by atoms with Gasteiger partial charge in [-0.1, -0.05) is 0 Å². The van der Waals surface area contributed by atoms with Crippen LogP contribution in [0.4, 0.5) is 28.4 Å². The third kappa shape index (κ3) is 4.39. The van der Waals surface area contributed by atoms with Gasteiger partial charge in [0.25, 0.3) is 5.69 Å². The largest absolute Gasteiger partial charge is 0.372 e. The zero-order valence-electron chi connectivity index (χ0n) is 14.1. The quantitative estimate of drug-likeness (QED) is 0.331. The van der Waals surface area contributed by atoms with Gasteiger partial charge >= 0.3 is 5.69 Å². The van der Waals surface area contributed by atoms with Crippen LogP contribution in [0.15, 0.2) is 51.1 Å². The molecule has 0 unspecified atom stereocenters. The number of nitro benzene ring substituents is 2. The maximum absolute atomic E-state index is 11.2. The first-order chi connectivity index (χ1) is 12.4. The summed E-state index contributed by atoms with van der Waals surface area (Å²) in [6, 6.07) is 9.30. The number of nitrogens with zero attached hydrogens (tertiary/aromatic N) is 5. The van der Waals surface area contributed by atoms with Crippen LogP contribution >= 0.6 is 15.9 Å². The van der Waals surface area contributed by atoms with E-state index in [1.54, 1.807) is 12.1 Å². The molecule has 2 rings (SSSR count). The van der Waals surface area contributed by atoms with Gasteiger partial charge in [-0.25, -0.2) is 0 Å². The molecule has 0 N–H and O–H groups in total. The molecule has 0 radical (unpaired) electrons. The first-order valence-electron chi connectivity index (χ1n) is 7.76. The molecule has 0 aliphatic rings. The molecule has 26 heavy (non-hydrogen) atoms. The molecule has 10 heteroatoms. The predicted molar refractivity (Wildman–Crippen MR) is 102 cm³/mol. The molecule has 0 heterocycles. The van der Waals surface area contributed by atoms with Crippen LogP contribution in [0.5, 0.6) is 0 Å². The van der Waals surface area contributed by atoms with Crippen molar-refractivity contribution in [3.05, 3.63) is 61.1 Å². The number of non-ortho nitro benzene ring substituents is 1. The Labute approximate surface area is 157 Å². The fraction of sp³-hybridized carbons (Fsp3) is 0.250. The SMILES string of the molecule is CCN(CC)c1ccc(N=Nc2c(Br)cc([N+](=O)[O-])cc2[N+](=O)[O-])cc1. The molecular weight excluding hydrogens is 406 g/mol. The summed E-state index contributed by atoms with van der Waals surface area (Å²) in [5.74, 6) is 0. The molecule has 0 aliphatic heterocycles. The van der Waals surface area contributed by atoms with Gasteiger partial charge in [-0.2, -0.15) is 5.11 Å². The number of benzene rings is 2. The van der Waals surface area contributed by atoms with Gasteiger partial charge in [-0.3, -0.25) is 20.2 Å². The lowest BCUT2D eigenvalue weighted by Gasteiger charge is -2.20. The summed E-state index contributed by atoms with van der Waals surface area (Å²) in [6.45, 7) is 5.86. The van der Waals surface area contributed by atoms with E-state index in [4.69, 9.17) is 0 Å². The monoisotopic (exact) mass is 421 g/mol. The molecule has 136 valence electrons. The highest BCUT2D eigenvalue weighted by molar-refractivity contribution is 9.10. The fourth-order valence-electron chi connectivity index (χ4n) is 2.34. The van der Waals surface area contributed by atoms with E-state index in [9.17, 15) is 20.2 Å². The summed E-state index contributed by atoms with van der Waals surface area (Å²) < 4.78 is 0.127. The van der Waals surface area contributed by atoms with Gasteiger partial charge in [0.2, 0.25) is 0 Å². The van der Waals surface area contributed by atoms with Gasteiger partial charge in [-0.15, -0.1) is 5.11 Å². The van der Waals surface area contributed by atoms with Crippen LogP contribution in [0.3, 0.4) is 0 Å². The number of halogens is 1. The topological polar surface area (TPSA) is 114 Å². The highest BCUT2D eigenvalue weighted by Crippen LogP contribution is 2.39. The van der Waals surface area contributed by atoms with Crippen LogP contribution in [0, 0.1) is 20.2 Å². The van der Waals surface area contributed by atoms with E-state index in [1.807, 2.05) is 12.1 Å². The Morgan fingerprint density at radius 2 is 1.62 bits per heavy atom. The molecule has 0 aliphatic carbocycles. The van der Waals surface area contributed by atoms with E-state index in [0.29, 0.717) is 5.69 Å². The first kappa shape index (κ1) is 19.4. The average molecular weight is 422 g/mol. The molecule has 9 nitrogen and oxygen atoms in total. The Morgan fingerprint density at radius 1 is 1.00 bits per heavy atom. The molecule has 0 atom stereocenters. The zero-order chi connectivity index (χ0) is 19.3. The van der Waals surface area contributed by atoms with Crippen LogP contribution in [-0.2, 0) is 0 Å². The summed E-state index contributed by atoms with van der Waals surface area (Å²) in [5, 5.41) is 30.0. The van der Waals surface area contributed by atoms with Crippen molar-refractivity contribution >= 4 is 44.4 Å². The van der Waals surface area contributed by atoms with Crippen molar-refractivity contribution in [1.82, 2.24) is 0 Å². The lowest BCUT2D eigenvalue weighted by molar-refractivity contribution is -0.393. The van der Waals surface area contributed by atoms with Crippen molar-refractivity contribution < 1.29 is 9.85 Å². The van der Waals surface area contributed by atoms with Crippen molar-refractivity contribution in [2.75, 3.05) is 18.0 Å². The number of hydrogen-bond donors (Lipinski definition) is 0. The van der Waals surface area contributed by atoms with Gasteiger partial charge in [0.1, 0.15) is 0 Å². The summed E-state index contributed by atoms with van der Waals surface area (Å²) in [4.78, 5) is 22.8. The second-order valence-electron chi connectivity index (χ2n) is 5.20. The average Bonchev–Trinajstić information content (AvgIpc) is 2.62. The highest BCUT2D eigenvalue weighted by atomic mass is 79.9. The van der Waals surface area contributed by atoms with Gasteiger partial charge in [0.05, 0.1) is 26.1 Å². The maximum Gasteiger partial charge on any atom is 0.304 e. The van der Waals surface area contributed by atoms with Gasteiger partial charge in [0, 0.05) is 24.8 Å². The Kier molecular flexibility index (Phi) is 6.34. The molecule has 0 saturated heterocycles. The summed E-state index contributed by atoms with van der Waals surface area (Å²) in [5.41, 5.74) is 0.589. The van der Waals surface area contributed by atoms with Crippen molar-refractivity contribution in [3.8, 4) is 0 Å². The maximum atomic E-state index is 11.2. The van der Waals surface area contributed by atoms with Crippen LogP contribution < -0.4 is 4.90 Å². The normalized spacial score (nSPS) is 10.9. The molecule has 0 saturated carbocycles. The van der Waals surface area contributed by atoms with Gasteiger partial charge in [0.15, 0.2) is 5.69 Å². The minimum atomic E-state index is -0.727.